The van der Waals surface area contributed by atoms with Crippen LogP contribution in [-0.2, 0) is 28.5 Å². The fraction of sp³-hybridized carbons (Fsp3) is 0.455. The van der Waals surface area contributed by atoms with Crippen LogP contribution in [0, 0.1) is 0 Å². The Kier molecular flexibility index (Phi) is 27.1. The third kappa shape index (κ3) is 11.4. The molecule has 0 unspecified atom stereocenters. The monoisotopic (exact) mass is 438 g/mol. The molecule has 0 saturated carbocycles. The smallest absolute Gasteiger partial charge is 0.412 e. The minimum absolute atomic E-state index is 0. The minimum atomic E-state index is -4.45. The van der Waals surface area contributed by atoms with Gasteiger partial charge in [-0.2, -0.15) is 30.9 Å². The molecule has 0 spiro atoms. The van der Waals surface area contributed by atoms with Crippen LogP contribution in [0.4, 0.5) is 13.2 Å². The second-order valence-electron chi connectivity index (χ2n) is 4.64. The van der Waals surface area contributed by atoms with Gasteiger partial charge in [-0.05, 0) is 45.0 Å². The van der Waals surface area contributed by atoms with E-state index in [4.69, 9.17) is 4.21 Å². The zero-order chi connectivity index (χ0) is 15.5. The molecule has 0 bridgehead atoms. The molecule has 0 heterocycles. The molecule has 1 aromatic rings. The Morgan fingerprint density at radius 3 is 1.28 bits per heavy atom. The molecule has 25 heavy (non-hydrogen) atoms. The minimum Gasteiger partial charge on any atom is -0.412 e. The molecule has 8 nitrogen and oxygen atoms in total. The number of benzene rings is 1. The number of alkyl halides is 3. The molecule has 1 rings (SSSR count). The van der Waals surface area contributed by atoms with E-state index in [-0.39, 0.29) is 45.8 Å². The second kappa shape index (κ2) is 15.4. The summed E-state index contributed by atoms with van der Waals surface area (Å²) in [7, 11) is -3.61. The van der Waals surface area contributed by atoms with Gasteiger partial charge in [-0.1, -0.05) is 0 Å². The summed E-state index contributed by atoms with van der Waals surface area (Å²) in [5, 5.41) is 0. The van der Waals surface area contributed by atoms with Crippen LogP contribution in [0.3, 0.4) is 0 Å². The van der Waals surface area contributed by atoms with Crippen molar-refractivity contribution in [3.8, 4) is 0 Å². The van der Waals surface area contributed by atoms with E-state index in [0.717, 1.165) is 24.3 Å². The van der Waals surface area contributed by atoms with Gasteiger partial charge in [-0.25, -0.2) is 8.42 Å². The van der Waals surface area contributed by atoms with Crippen molar-refractivity contribution in [2.45, 2.75) is 36.6 Å². The first-order valence-electron chi connectivity index (χ1n) is 5.05. The Bertz CT molecular complexity index is 527. The van der Waals surface area contributed by atoms with Crippen LogP contribution in [0.5, 0.6) is 0 Å². The predicted octanol–water partition coefficient (Wildman–Crippen LogP) is -1.07. The lowest BCUT2D eigenvalue weighted by atomic mass is 10.2. The molecule has 0 aliphatic carbocycles. The molecule has 0 aromatic heterocycles. The maximum absolute atomic E-state index is 12.3. The van der Waals surface area contributed by atoms with Crippen molar-refractivity contribution in [1.29, 1.82) is 0 Å². The van der Waals surface area contributed by atoms with Gasteiger partial charge in [-0.3, -0.25) is 0 Å². The van der Waals surface area contributed by atoms with Crippen LogP contribution in [-0.4, -0.2) is 44.8 Å². The van der Waals surface area contributed by atoms with Gasteiger partial charge in [-0.15, -0.1) is 0 Å². The third-order valence-corrected chi connectivity index (χ3v) is 4.80. The van der Waals surface area contributed by atoms with Gasteiger partial charge in [0.05, 0.1) is 15.2 Å². The maximum atomic E-state index is 12.3. The van der Waals surface area contributed by atoms with Crippen molar-refractivity contribution < 1.29 is 53.2 Å². The lowest BCUT2D eigenvalue weighted by molar-refractivity contribution is -0.137. The molecule has 0 amide bonds. The van der Waals surface area contributed by atoms with Crippen molar-refractivity contribution in [2.24, 2.45) is 0 Å². The fourth-order valence-electron chi connectivity index (χ4n) is 1.18. The Morgan fingerprint density at radius 1 is 0.800 bits per heavy atom. The van der Waals surface area contributed by atoms with E-state index < -0.39 is 26.3 Å². The SMILES string of the molecule is CC(C)(C)S(=O)(=O)c1ccc(C(F)(F)F)cc1.O.O.O.O.O.O=S.S. The average molecular weight is 439 g/mol. The molecule has 0 radical (unpaired) electrons. The Balaban J connectivity index is -0.0000000781. The lowest BCUT2D eigenvalue weighted by Crippen LogP contribution is -2.27. The van der Waals surface area contributed by atoms with E-state index in [2.05, 4.69) is 12.5 Å². The van der Waals surface area contributed by atoms with Crippen LogP contribution in [0.15, 0.2) is 29.2 Å². The van der Waals surface area contributed by atoms with Crippen molar-refractivity contribution in [3.05, 3.63) is 29.8 Å². The summed E-state index contributed by atoms with van der Waals surface area (Å²) in [6, 6.07) is 3.53. The van der Waals surface area contributed by atoms with Crippen LogP contribution < -0.4 is 0 Å². The van der Waals surface area contributed by atoms with Crippen LogP contribution in [0.25, 0.3) is 0 Å². The van der Waals surface area contributed by atoms with Crippen molar-refractivity contribution >= 4 is 35.9 Å². The van der Waals surface area contributed by atoms with Gasteiger partial charge in [0, 0.05) is 0 Å². The van der Waals surface area contributed by atoms with Gasteiger partial charge in [0.2, 0.25) is 0 Å². The first kappa shape index (κ1) is 44.0. The topological polar surface area (TPSA) is 209 Å². The van der Waals surface area contributed by atoms with E-state index in [1.165, 1.54) is 20.8 Å². The Labute approximate surface area is 155 Å². The molecular weight excluding hydrogens is 413 g/mol. The lowest BCUT2D eigenvalue weighted by Gasteiger charge is -2.19. The van der Waals surface area contributed by atoms with Gasteiger partial charge in [0.25, 0.3) is 0 Å². The van der Waals surface area contributed by atoms with Gasteiger partial charge >= 0.3 is 6.18 Å². The molecule has 0 saturated heterocycles. The van der Waals surface area contributed by atoms with Gasteiger partial charge < -0.3 is 27.4 Å². The molecule has 0 aliphatic heterocycles. The highest BCUT2D eigenvalue weighted by molar-refractivity contribution is 7.92. The van der Waals surface area contributed by atoms with Crippen molar-refractivity contribution in [2.75, 3.05) is 0 Å². The summed E-state index contributed by atoms with van der Waals surface area (Å²) in [6.07, 6.45) is -4.45. The summed E-state index contributed by atoms with van der Waals surface area (Å²) in [5.74, 6) is 0. The quantitative estimate of drug-likeness (QED) is 0.536. The highest BCUT2D eigenvalue weighted by Crippen LogP contribution is 2.31. The number of hydrogen-bond acceptors (Lipinski definition) is 4. The summed E-state index contributed by atoms with van der Waals surface area (Å²) in [4.78, 5) is -0.0991. The number of halogens is 3. The van der Waals surface area contributed by atoms with E-state index in [1.807, 2.05) is 0 Å². The number of rotatable bonds is 1. The van der Waals surface area contributed by atoms with Crippen LogP contribution >= 0.6 is 13.5 Å². The normalized spacial score (nSPS) is 9.52. The number of hydrogen-bond donors (Lipinski definition) is 0. The van der Waals surface area contributed by atoms with Gasteiger partial charge in [0.15, 0.2) is 22.4 Å². The predicted molar refractivity (Wildman–Crippen MR) is 95.0 cm³/mol. The molecule has 14 heteroatoms. The zero-order valence-electron chi connectivity index (χ0n) is 13.5. The summed E-state index contributed by atoms with van der Waals surface area (Å²) >= 11 is 2.83. The molecule has 0 fully saturated rings. The Morgan fingerprint density at radius 2 is 1.08 bits per heavy atom. The van der Waals surface area contributed by atoms with E-state index >= 15 is 0 Å². The third-order valence-electron chi connectivity index (χ3n) is 2.30. The van der Waals surface area contributed by atoms with E-state index in [0.29, 0.717) is 0 Å². The van der Waals surface area contributed by atoms with Crippen molar-refractivity contribution in [3.63, 3.8) is 0 Å². The standard InChI is InChI=1S/C11H13F3O2S.OS.5H2O.H2S/c1-10(2,3)17(15,16)9-6-4-8(5-7-9)11(12,13)14;1-2;;;;;;/h4-7H,1-3H3;;6*1H2. The first-order valence-corrected chi connectivity index (χ1v) is 6.86. The second-order valence-corrected chi connectivity index (χ2v) is 7.34. The highest BCUT2D eigenvalue weighted by Gasteiger charge is 2.33. The molecule has 156 valence electrons. The molecular formula is C11H25F3O8S3. The summed E-state index contributed by atoms with van der Waals surface area (Å²) in [6.45, 7) is 4.50. The molecule has 10 N–H and O–H groups in total. The van der Waals surface area contributed by atoms with Crippen LogP contribution in [0.2, 0.25) is 0 Å². The first-order chi connectivity index (χ1) is 8.46. The summed E-state index contributed by atoms with van der Waals surface area (Å²) < 4.78 is 67.6. The average Bonchev–Trinajstić information content (AvgIpc) is 2.29. The Hall–Kier alpha value is -0.870. The van der Waals surface area contributed by atoms with E-state index in [9.17, 15) is 21.6 Å². The highest BCUT2D eigenvalue weighted by atomic mass is 32.2. The molecule has 1 aromatic carbocycles. The maximum Gasteiger partial charge on any atom is 0.416 e. The van der Waals surface area contributed by atoms with Gasteiger partial charge in [0.1, 0.15) is 0 Å². The molecule has 0 aliphatic rings. The van der Waals surface area contributed by atoms with Crippen LogP contribution in [0.1, 0.15) is 26.3 Å². The number of sulfone groups is 1. The zero-order valence-corrected chi connectivity index (χ0v) is 16.1. The largest absolute Gasteiger partial charge is 0.416 e. The van der Waals surface area contributed by atoms with E-state index in [1.54, 1.807) is 0 Å². The fourth-order valence-corrected chi connectivity index (χ4v) is 2.38. The van der Waals surface area contributed by atoms with Crippen molar-refractivity contribution in [1.82, 2.24) is 0 Å². The molecule has 0 atom stereocenters. The summed E-state index contributed by atoms with van der Waals surface area (Å²) in [5.41, 5.74) is -0.856.